The average Bonchev–Trinajstić information content (AvgIpc) is 3.16. The lowest BCUT2D eigenvalue weighted by Crippen LogP contribution is -2.23. The van der Waals surface area contributed by atoms with E-state index in [2.05, 4.69) is 5.32 Å². The number of imidazole rings is 1. The zero-order chi connectivity index (χ0) is 21.6. The summed E-state index contributed by atoms with van der Waals surface area (Å²) in [4.78, 5) is 17.4. The summed E-state index contributed by atoms with van der Waals surface area (Å²) in [6.07, 6.45) is 2.89. The highest BCUT2D eigenvalue weighted by molar-refractivity contribution is 6.30. The van der Waals surface area contributed by atoms with Gasteiger partial charge < -0.3 is 14.5 Å². The normalized spacial score (nSPS) is 10.9. The first kappa shape index (κ1) is 20.9. The van der Waals surface area contributed by atoms with Gasteiger partial charge in [0.05, 0.1) is 18.0 Å². The minimum Gasteiger partial charge on any atom is -0.494 e. The van der Waals surface area contributed by atoms with Crippen molar-refractivity contribution in [1.29, 1.82) is 0 Å². The van der Waals surface area contributed by atoms with Crippen molar-refractivity contribution in [1.82, 2.24) is 14.7 Å². The predicted molar refractivity (Wildman–Crippen MR) is 123 cm³/mol. The Morgan fingerprint density at radius 1 is 1.10 bits per heavy atom. The third-order valence-electron chi connectivity index (χ3n) is 5.06. The summed E-state index contributed by atoms with van der Waals surface area (Å²) in [5.41, 5.74) is 4.59. The van der Waals surface area contributed by atoms with Crippen molar-refractivity contribution >= 4 is 23.2 Å². The fraction of sp³-hybridized carbons (Fsp3) is 0.200. The summed E-state index contributed by atoms with van der Waals surface area (Å²) in [6, 6.07) is 21.3. The Bertz CT molecular complexity index is 1200. The Morgan fingerprint density at radius 3 is 2.77 bits per heavy atom. The number of hydrogen-bond acceptors (Lipinski definition) is 3. The second kappa shape index (κ2) is 9.67. The monoisotopic (exact) mass is 433 g/mol. The zero-order valence-electron chi connectivity index (χ0n) is 17.3. The van der Waals surface area contributed by atoms with Gasteiger partial charge in [0, 0.05) is 35.3 Å². The number of carbonyl (C=O) groups is 1. The number of halogens is 1. The number of benzene rings is 2. The second-order valence-electron chi connectivity index (χ2n) is 7.16. The zero-order valence-corrected chi connectivity index (χ0v) is 18.1. The topological polar surface area (TPSA) is 55.6 Å². The van der Waals surface area contributed by atoms with Gasteiger partial charge in [-0.2, -0.15) is 0 Å². The molecule has 0 radical (unpaired) electrons. The first-order valence-electron chi connectivity index (χ1n) is 10.3. The molecule has 2 aromatic heterocycles. The summed E-state index contributed by atoms with van der Waals surface area (Å²) < 4.78 is 7.67. The van der Waals surface area contributed by atoms with Crippen molar-refractivity contribution in [3.05, 3.63) is 89.2 Å². The molecule has 0 aliphatic carbocycles. The van der Waals surface area contributed by atoms with Crippen LogP contribution in [0.4, 0.5) is 0 Å². The van der Waals surface area contributed by atoms with Gasteiger partial charge in [0.25, 0.3) is 0 Å². The van der Waals surface area contributed by atoms with Gasteiger partial charge in [0.15, 0.2) is 0 Å². The van der Waals surface area contributed by atoms with Gasteiger partial charge in [-0.25, -0.2) is 4.98 Å². The van der Waals surface area contributed by atoms with Gasteiger partial charge in [-0.1, -0.05) is 48.0 Å². The number of aryl methyl sites for hydroxylation is 1. The van der Waals surface area contributed by atoms with Gasteiger partial charge in [0.1, 0.15) is 11.4 Å². The van der Waals surface area contributed by atoms with Gasteiger partial charge >= 0.3 is 0 Å². The van der Waals surface area contributed by atoms with Gasteiger partial charge in [0.2, 0.25) is 5.91 Å². The second-order valence-corrected chi connectivity index (χ2v) is 7.60. The molecule has 4 rings (SSSR count). The van der Waals surface area contributed by atoms with Crippen LogP contribution in [0.2, 0.25) is 5.02 Å². The lowest BCUT2D eigenvalue weighted by molar-refractivity contribution is -0.121. The lowest BCUT2D eigenvalue weighted by atomic mass is 10.1. The van der Waals surface area contributed by atoms with E-state index in [0.29, 0.717) is 31.0 Å². The Hall–Kier alpha value is -3.31. The molecule has 158 valence electrons. The number of rotatable bonds is 8. The highest BCUT2D eigenvalue weighted by atomic mass is 35.5. The molecule has 5 nitrogen and oxygen atoms in total. The first-order valence-corrected chi connectivity index (χ1v) is 10.7. The van der Waals surface area contributed by atoms with E-state index in [1.807, 2.05) is 84.3 Å². The summed E-state index contributed by atoms with van der Waals surface area (Å²) in [7, 11) is 0. The molecule has 0 saturated heterocycles. The van der Waals surface area contributed by atoms with E-state index in [4.69, 9.17) is 21.3 Å². The van der Waals surface area contributed by atoms with E-state index in [9.17, 15) is 4.79 Å². The van der Waals surface area contributed by atoms with Crippen LogP contribution in [0.25, 0.3) is 16.9 Å². The standard InChI is InChI=1S/C25H24ClN3O2/c1-2-31-22-11-4-3-8-19(22)17-27-24(30)14-13-21-25(18-9-7-10-20(26)16-18)28-23-12-5-6-15-29(21)23/h3-12,15-16H,2,13-14,17H2,1H3,(H,27,30). The highest BCUT2D eigenvalue weighted by Crippen LogP contribution is 2.27. The molecule has 2 heterocycles. The molecule has 0 aliphatic rings. The fourth-order valence-electron chi connectivity index (χ4n) is 3.61. The minimum atomic E-state index is -0.0192. The molecule has 0 atom stereocenters. The molecular formula is C25H24ClN3O2. The Morgan fingerprint density at radius 2 is 1.94 bits per heavy atom. The molecule has 4 aromatic rings. The SMILES string of the molecule is CCOc1ccccc1CNC(=O)CCc1c(-c2cccc(Cl)c2)nc2ccccn12. The summed E-state index contributed by atoms with van der Waals surface area (Å²) >= 11 is 6.20. The number of nitrogens with one attached hydrogen (secondary N) is 1. The molecule has 0 spiro atoms. The van der Waals surface area contributed by atoms with E-state index >= 15 is 0 Å². The molecule has 31 heavy (non-hydrogen) atoms. The predicted octanol–water partition coefficient (Wildman–Crippen LogP) is 5.30. The number of fused-ring (bicyclic) bond motifs is 1. The lowest BCUT2D eigenvalue weighted by Gasteiger charge is -2.11. The maximum Gasteiger partial charge on any atom is 0.220 e. The molecular weight excluding hydrogens is 410 g/mol. The smallest absolute Gasteiger partial charge is 0.220 e. The average molecular weight is 434 g/mol. The van der Waals surface area contributed by atoms with Crippen LogP contribution in [-0.4, -0.2) is 21.9 Å². The third-order valence-corrected chi connectivity index (χ3v) is 5.30. The van der Waals surface area contributed by atoms with Crippen LogP contribution in [0.1, 0.15) is 24.6 Å². The van der Waals surface area contributed by atoms with E-state index in [0.717, 1.165) is 33.9 Å². The van der Waals surface area contributed by atoms with Crippen LogP contribution in [-0.2, 0) is 17.8 Å². The quantitative estimate of drug-likeness (QED) is 0.410. The van der Waals surface area contributed by atoms with Crippen molar-refractivity contribution in [2.45, 2.75) is 26.3 Å². The molecule has 0 fully saturated rings. The van der Waals surface area contributed by atoms with E-state index in [1.54, 1.807) is 0 Å². The molecule has 1 N–H and O–H groups in total. The van der Waals surface area contributed by atoms with Crippen molar-refractivity contribution in [2.75, 3.05) is 6.61 Å². The fourth-order valence-corrected chi connectivity index (χ4v) is 3.80. The Kier molecular flexibility index (Phi) is 6.53. The number of aromatic nitrogens is 2. The van der Waals surface area contributed by atoms with Crippen LogP contribution in [0.5, 0.6) is 5.75 Å². The van der Waals surface area contributed by atoms with Crippen molar-refractivity contribution in [2.24, 2.45) is 0 Å². The van der Waals surface area contributed by atoms with Crippen LogP contribution in [0.15, 0.2) is 72.9 Å². The first-order chi connectivity index (χ1) is 15.2. The van der Waals surface area contributed by atoms with Crippen molar-refractivity contribution in [3.63, 3.8) is 0 Å². The Balaban J connectivity index is 1.50. The molecule has 0 unspecified atom stereocenters. The maximum absolute atomic E-state index is 12.6. The number of amides is 1. The Labute approximate surface area is 186 Å². The summed E-state index contributed by atoms with van der Waals surface area (Å²) in [5.74, 6) is 0.782. The number of ether oxygens (including phenoxy) is 1. The number of hydrogen-bond donors (Lipinski definition) is 1. The molecule has 6 heteroatoms. The highest BCUT2D eigenvalue weighted by Gasteiger charge is 2.15. The number of carbonyl (C=O) groups excluding carboxylic acids is 1. The third kappa shape index (κ3) is 4.89. The number of pyridine rings is 1. The van der Waals surface area contributed by atoms with E-state index in [1.165, 1.54) is 0 Å². The van der Waals surface area contributed by atoms with Crippen LogP contribution < -0.4 is 10.1 Å². The molecule has 0 saturated carbocycles. The van der Waals surface area contributed by atoms with Crippen LogP contribution in [0.3, 0.4) is 0 Å². The van der Waals surface area contributed by atoms with E-state index < -0.39 is 0 Å². The molecule has 0 aliphatic heterocycles. The summed E-state index contributed by atoms with van der Waals surface area (Å²) in [5, 5.41) is 3.67. The largest absolute Gasteiger partial charge is 0.494 e. The van der Waals surface area contributed by atoms with Gasteiger partial charge in [-0.15, -0.1) is 0 Å². The molecule has 1 amide bonds. The van der Waals surface area contributed by atoms with Gasteiger partial charge in [-0.05, 0) is 43.7 Å². The minimum absolute atomic E-state index is 0.0192. The maximum atomic E-state index is 12.6. The summed E-state index contributed by atoms with van der Waals surface area (Å²) in [6.45, 7) is 2.97. The molecule has 2 aromatic carbocycles. The number of para-hydroxylation sites is 1. The van der Waals surface area contributed by atoms with Crippen LogP contribution in [0, 0.1) is 0 Å². The van der Waals surface area contributed by atoms with E-state index in [-0.39, 0.29) is 5.91 Å². The van der Waals surface area contributed by atoms with Gasteiger partial charge in [-0.3, -0.25) is 4.79 Å². The van der Waals surface area contributed by atoms with Crippen molar-refractivity contribution < 1.29 is 9.53 Å². The number of nitrogens with zero attached hydrogens (tertiary/aromatic N) is 2. The molecule has 0 bridgehead atoms. The van der Waals surface area contributed by atoms with Crippen molar-refractivity contribution in [3.8, 4) is 17.0 Å². The van der Waals surface area contributed by atoms with Crippen LogP contribution >= 0.6 is 11.6 Å².